The molecule has 5 fully saturated rings. The number of hydrogen-bond acceptors (Lipinski definition) is 4. The van der Waals surface area contributed by atoms with Crippen LogP contribution < -0.4 is 5.32 Å². The Hall–Kier alpha value is -1.24. The van der Waals surface area contributed by atoms with Crippen molar-refractivity contribution in [1.82, 2.24) is 5.32 Å². The molecule has 10 atom stereocenters. The molecule has 0 radical (unpaired) electrons. The molecule has 0 aromatic heterocycles. The van der Waals surface area contributed by atoms with Gasteiger partial charge in [-0.05, 0) is 191 Å². The monoisotopic (exact) mass is 724 g/mol. The van der Waals surface area contributed by atoms with Crippen molar-refractivity contribution >= 4 is 5.97 Å². The number of nitrogens with one attached hydrogen (secondary N) is 1. The van der Waals surface area contributed by atoms with E-state index >= 15 is 0 Å². The number of rotatable bonds is 8. The van der Waals surface area contributed by atoms with Gasteiger partial charge in [-0.15, -0.1) is 0 Å². The second-order valence-corrected chi connectivity index (χ2v) is 21.9. The predicted octanol–water partition coefficient (Wildman–Crippen LogP) is 10.2. The van der Waals surface area contributed by atoms with E-state index in [0.29, 0.717) is 74.5 Å². The Kier molecular flexibility index (Phi) is 9.68. The van der Waals surface area contributed by atoms with Gasteiger partial charge in [-0.1, -0.05) is 60.6 Å². The highest BCUT2D eigenvalue weighted by Crippen LogP contribution is 2.76. The van der Waals surface area contributed by atoms with Crippen LogP contribution in [0.2, 0.25) is 0 Å². The number of halogens is 1. The highest BCUT2D eigenvalue weighted by atomic mass is 19.1. The quantitative estimate of drug-likeness (QED) is 0.200. The van der Waals surface area contributed by atoms with Gasteiger partial charge in [0, 0.05) is 5.54 Å². The van der Waals surface area contributed by atoms with E-state index in [1.165, 1.54) is 62.5 Å². The number of carbonyl (C=O) groups is 1. The van der Waals surface area contributed by atoms with E-state index < -0.39 is 29.3 Å². The SMILES string of the molecule is CC(C)[C@@H]1CC[C@]2(NCCC3(O)CCC(C)(O)CC3)CC[C@]3(C)[C@H](CC[C@@H]4[C@@]5(C)CC=C(C6=CC[C@@](CF)(C(=O)O)CC6)C(C)(C)[C@@H]5CC[C@]43C)[C@@H]12. The van der Waals surface area contributed by atoms with Crippen molar-refractivity contribution in [3.8, 4) is 0 Å². The molecule has 5 nitrogen and oxygen atoms in total. The van der Waals surface area contributed by atoms with Gasteiger partial charge in [0.05, 0.1) is 16.6 Å². The second kappa shape index (κ2) is 12.9. The number of aliphatic carboxylic acids is 1. The Morgan fingerprint density at radius 1 is 0.827 bits per heavy atom. The van der Waals surface area contributed by atoms with Gasteiger partial charge in [-0.25, -0.2) is 4.39 Å². The maximum atomic E-state index is 14.0. The molecule has 0 bridgehead atoms. The van der Waals surface area contributed by atoms with E-state index in [1.807, 2.05) is 6.92 Å². The summed E-state index contributed by atoms with van der Waals surface area (Å²) in [6.45, 7) is 20.0. The first-order valence-corrected chi connectivity index (χ1v) is 21.6. The molecule has 0 amide bonds. The normalized spacial score (nSPS) is 50.0. The van der Waals surface area contributed by atoms with Crippen LogP contribution in [0.25, 0.3) is 0 Å². The van der Waals surface area contributed by atoms with E-state index in [1.54, 1.807) is 0 Å². The highest BCUT2D eigenvalue weighted by molar-refractivity contribution is 5.75. The topological polar surface area (TPSA) is 89.8 Å². The smallest absolute Gasteiger partial charge is 0.312 e. The van der Waals surface area contributed by atoms with Crippen molar-refractivity contribution in [3.05, 3.63) is 23.3 Å². The summed E-state index contributed by atoms with van der Waals surface area (Å²) < 4.78 is 14.0. The molecule has 0 unspecified atom stereocenters. The number of hydrogen-bond donors (Lipinski definition) is 4. The summed E-state index contributed by atoms with van der Waals surface area (Å²) in [5.41, 5.74) is 1.09. The minimum atomic E-state index is -1.25. The zero-order chi connectivity index (χ0) is 37.8. The van der Waals surface area contributed by atoms with Crippen molar-refractivity contribution in [3.63, 3.8) is 0 Å². The molecule has 7 rings (SSSR count). The Morgan fingerprint density at radius 3 is 2.15 bits per heavy atom. The van der Waals surface area contributed by atoms with Crippen molar-refractivity contribution in [2.24, 2.45) is 62.6 Å². The number of fused-ring (bicyclic) bond motifs is 7. The lowest BCUT2D eigenvalue weighted by molar-refractivity contribution is -0.223. The Balaban J connectivity index is 1.13. The van der Waals surface area contributed by atoms with Crippen molar-refractivity contribution in [2.45, 2.75) is 181 Å². The number of aliphatic hydroxyl groups is 2. The average molecular weight is 724 g/mol. The molecule has 0 aromatic carbocycles. The zero-order valence-electron chi connectivity index (χ0n) is 34.2. The maximum absolute atomic E-state index is 14.0. The molecule has 0 aliphatic heterocycles. The molecular formula is C46H74FNO4. The van der Waals surface area contributed by atoms with Gasteiger partial charge in [0.1, 0.15) is 6.67 Å². The number of carboxylic acid groups (broad SMARTS) is 1. The maximum Gasteiger partial charge on any atom is 0.312 e. The van der Waals surface area contributed by atoms with Gasteiger partial charge in [-0.3, -0.25) is 4.79 Å². The average Bonchev–Trinajstić information content (AvgIpc) is 3.46. The molecule has 52 heavy (non-hydrogen) atoms. The van der Waals surface area contributed by atoms with Crippen molar-refractivity contribution in [2.75, 3.05) is 13.2 Å². The van der Waals surface area contributed by atoms with Crippen LogP contribution in [0.15, 0.2) is 23.3 Å². The Morgan fingerprint density at radius 2 is 1.54 bits per heavy atom. The van der Waals surface area contributed by atoms with E-state index in [0.717, 1.165) is 25.3 Å². The van der Waals surface area contributed by atoms with E-state index in [2.05, 4.69) is 65.9 Å². The van der Waals surface area contributed by atoms with Gasteiger partial charge >= 0.3 is 5.97 Å². The van der Waals surface area contributed by atoms with Crippen LogP contribution in [0.1, 0.15) is 165 Å². The predicted molar refractivity (Wildman–Crippen MR) is 207 cm³/mol. The second-order valence-electron chi connectivity index (χ2n) is 21.9. The van der Waals surface area contributed by atoms with Gasteiger partial charge < -0.3 is 20.6 Å². The van der Waals surface area contributed by atoms with Crippen LogP contribution in [0, 0.1) is 62.6 Å². The highest BCUT2D eigenvalue weighted by Gasteiger charge is 2.70. The molecule has 0 spiro atoms. The molecule has 4 N–H and O–H groups in total. The van der Waals surface area contributed by atoms with Gasteiger partial charge in [0.25, 0.3) is 0 Å². The van der Waals surface area contributed by atoms with Crippen LogP contribution in [-0.4, -0.2) is 51.2 Å². The fourth-order valence-electron chi connectivity index (χ4n) is 15.4. The van der Waals surface area contributed by atoms with Crippen LogP contribution in [0.5, 0.6) is 0 Å². The molecule has 294 valence electrons. The minimum Gasteiger partial charge on any atom is -0.481 e. The standard InChI is InChI=1S/C46H74FNO4/c1-30(2)32-13-20-46(48-28-27-45(52)24-21-40(5,51)22-25-45)26-23-42(7)34(37(32)46)9-10-36-41(6)16-14-33(39(3,4)35(41)15-17-43(36,42)8)31-11-18-44(29-47,19-12-31)38(49)50/h11,14,30,32,34-37,48,51-52H,9-10,12-13,15-29H2,1-8H3,(H,49,50)/t32-,34+,35-,36+,37+,40?,41-,42+,43+,44+,45?,46-/m0/s1. The summed E-state index contributed by atoms with van der Waals surface area (Å²) in [7, 11) is 0. The minimum absolute atomic E-state index is 0.00507. The summed E-state index contributed by atoms with van der Waals surface area (Å²) in [4.78, 5) is 12.0. The fraction of sp³-hybridized carbons (Fsp3) is 0.891. The van der Waals surface area contributed by atoms with E-state index in [4.69, 9.17) is 0 Å². The van der Waals surface area contributed by atoms with Crippen LogP contribution in [0.3, 0.4) is 0 Å². The van der Waals surface area contributed by atoms with Gasteiger partial charge in [-0.2, -0.15) is 0 Å². The van der Waals surface area contributed by atoms with Crippen LogP contribution in [0.4, 0.5) is 4.39 Å². The molecule has 6 heteroatoms. The summed E-state index contributed by atoms with van der Waals surface area (Å²) in [5.74, 6) is 3.02. The summed E-state index contributed by atoms with van der Waals surface area (Å²) in [5, 5.41) is 36.1. The number of carboxylic acids is 1. The molecule has 7 aliphatic rings. The van der Waals surface area contributed by atoms with Gasteiger partial charge in [0.15, 0.2) is 0 Å². The third-order valence-electron chi connectivity index (χ3n) is 18.9. The van der Waals surface area contributed by atoms with Crippen molar-refractivity contribution in [1.29, 1.82) is 0 Å². The first kappa shape index (κ1) is 39.0. The Bertz CT molecular complexity index is 1460. The summed E-state index contributed by atoms with van der Waals surface area (Å²) >= 11 is 0. The molecular weight excluding hydrogens is 650 g/mol. The lowest BCUT2D eigenvalue weighted by Crippen LogP contribution is -2.68. The van der Waals surface area contributed by atoms with Gasteiger partial charge in [0.2, 0.25) is 0 Å². The van der Waals surface area contributed by atoms with Crippen LogP contribution in [-0.2, 0) is 4.79 Å². The van der Waals surface area contributed by atoms with E-state index in [9.17, 15) is 24.5 Å². The van der Waals surface area contributed by atoms with E-state index in [-0.39, 0.29) is 27.2 Å². The fourth-order valence-corrected chi connectivity index (χ4v) is 15.4. The first-order chi connectivity index (χ1) is 24.2. The number of allylic oxidation sites excluding steroid dienone is 4. The third kappa shape index (κ3) is 5.78. The van der Waals surface area contributed by atoms with Crippen LogP contribution >= 0.6 is 0 Å². The lowest BCUT2D eigenvalue weighted by Gasteiger charge is -2.72. The third-order valence-corrected chi connectivity index (χ3v) is 18.9. The summed E-state index contributed by atoms with van der Waals surface area (Å²) in [6, 6.07) is 0. The van der Waals surface area contributed by atoms with Crippen molar-refractivity contribution < 1.29 is 24.5 Å². The summed E-state index contributed by atoms with van der Waals surface area (Å²) in [6.07, 6.45) is 20.8. The molecule has 0 saturated heterocycles. The largest absolute Gasteiger partial charge is 0.481 e. The molecule has 0 aromatic rings. The molecule has 5 saturated carbocycles. The number of alkyl halides is 1. The molecule has 0 heterocycles. The first-order valence-electron chi connectivity index (χ1n) is 21.6. The lowest BCUT2D eigenvalue weighted by atomic mass is 9.32. The molecule has 7 aliphatic carbocycles. The Labute approximate surface area is 315 Å². The zero-order valence-corrected chi connectivity index (χ0v) is 34.2.